The van der Waals surface area contributed by atoms with Crippen molar-refractivity contribution in [2.45, 2.75) is 24.0 Å². The topological polar surface area (TPSA) is 73.9 Å². The number of benzene rings is 2. The largest absolute Gasteiger partial charge is 0.493 e. The number of halogens is 1. The van der Waals surface area contributed by atoms with Crippen LogP contribution in [0.15, 0.2) is 41.3 Å². The number of carbonyl (C=O) groups excluding carboxylic acids is 2. The molecule has 6 nitrogen and oxygen atoms in total. The summed E-state index contributed by atoms with van der Waals surface area (Å²) in [5.74, 6) is 0.474. The summed E-state index contributed by atoms with van der Waals surface area (Å²) in [5, 5.41) is 2.67. The van der Waals surface area contributed by atoms with Gasteiger partial charge in [0.15, 0.2) is 11.5 Å². The fourth-order valence-corrected chi connectivity index (χ4v) is 3.45. The van der Waals surface area contributed by atoms with E-state index in [9.17, 15) is 9.59 Å². The van der Waals surface area contributed by atoms with Crippen LogP contribution in [0.2, 0.25) is 5.02 Å². The molecule has 0 spiro atoms. The van der Waals surface area contributed by atoms with Crippen molar-refractivity contribution in [3.8, 4) is 11.5 Å². The van der Waals surface area contributed by atoms with Gasteiger partial charge in [0.1, 0.15) is 0 Å². The van der Waals surface area contributed by atoms with Gasteiger partial charge < -0.3 is 19.5 Å². The highest BCUT2D eigenvalue weighted by Crippen LogP contribution is 2.34. The lowest BCUT2D eigenvalue weighted by atomic mass is 10.2. The Labute approximate surface area is 173 Å². The van der Waals surface area contributed by atoms with E-state index in [4.69, 9.17) is 25.8 Å². The minimum absolute atomic E-state index is 0.210. The van der Waals surface area contributed by atoms with Crippen LogP contribution < -0.4 is 14.8 Å². The molecule has 0 aliphatic rings. The van der Waals surface area contributed by atoms with Crippen LogP contribution in [0.1, 0.15) is 24.2 Å². The molecule has 0 saturated heterocycles. The molecular weight excluding hydrogens is 402 g/mol. The molecule has 28 heavy (non-hydrogen) atoms. The third kappa shape index (κ3) is 5.56. The highest BCUT2D eigenvalue weighted by molar-refractivity contribution is 8.00. The van der Waals surface area contributed by atoms with Gasteiger partial charge in [-0.15, -0.1) is 11.8 Å². The molecule has 2 aromatic carbocycles. The number of anilines is 1. The smallest absolute Gasteiger partial charge is 0.339 e. The van der Waals surface area contributed by atoms with E-state index < -0.39 is 5.97 Å². The second-order valence-electron chi connectivity index (χ2n) is 5.68. The molecule has 0 bridgehead atoms. The summed E-state index contributed by atoms with van der Waals surface area (Å²) < 4.78 is 15.5. The Morgan fingerprint density at radius 3 is 2.46 bits per heavy atom. The molecule has 0 unspecified atom stereocenters. The van der Waals surface area contributed by atoms with E-state index in [1.807, 2.05) is 12.1 Å². The Hall–Kier alpha value is -2.38. The van der Waals surface area contributed by atoms with Gasteiger partial charge in [-0.25, -0.2) is 4.79 Å². The molecule has 2 aromatic rings. The van der Waals surface area contributed by atoms with Crippen molar-refractivity contribution < 1.29 is 23.8 Å². The predicted octanol–water partition coefficient (Wildman–Crippen LogP) is 4.65. The van der Waals surface area contributed by atoms with E-state index in [0.717, 1.165) is 4.90 Å². The first-order valence-corrected chi connectivity index (χ1v) is 9.81. The Morgan fingerprint density at radius 2 is 1.82 bits per heavy atom. The van der Waals surface area contributed by atoms with Gasteiger partial charge in [-0.3, -0.25) is 4.79 Å². The number of amides is 1. The lowest BCUT2D eigenvalue weighted by molar-refractivity contribution is -0.115. The minimum Gasteiger partial charge on any atom is -0.493 e. The zero-order chi connectivity index (χ0) is 20.7. The quantitative estimate of drug-likeness (QED) is 0.492. The Morgan fingerprint density at radius 1 is 1.11 bits per heavy atom. The van der Waals surface area contributed by atoms with Crippen LogP contribution in [-0.2, 0) is 9.53 Å². The third-order valence-electron chi connectivity index (χ3n) is 3.77. The van der Waals surface area contributed by atoms with Gasteiger partial charge >= 0.3 is 5.97 Å². The zero-order valence-corrected chi connectivity index (χ0v) is 17.6. The van der Waals surface area contributed by atoms with Crippen molar-refractivity contribution in [1.29, 1.82) is 0 Å². The van der Waals surface area contributed by atoms with Crippen molar-refractivity contribution in [3.63, 3.8) is 0 Å². The van der Waals surface area contributed by atoms with E-state index in [1.54, 1.807) is 46.3 Å². The number of hydrogen-bond donors (Lipinski definition) is 1. The zero-order valence-electron chi connectivity index (χ0n) is 16.1. The molecule has 0 radical (unpaired) electrons. The van der Waals surface area contributed by atoms with Gasteiger partial charge in [-0.05, 0) is 50.2 Å². The summed E-state index contributed by atoms with van der Waals surface area (Å²) in [6.45, 7) is 3.74. The molecule has 0 heterocycles. The molecule has 2 rings (SSSR count). The molecule has 0 fully saturated rings. The number of rotatable bonds is 8. The van der Waals surface area contributed by atoms with Crippen LogP contribution in [0.25, 0.3) is 0 Å². The van der Waals surface area contributed by atoms with Crippen molar-refractivity contribution in [1.82, 2.24) is 0 Å². The fraction of sp³-hybridized carbons (Fsp3) is 0.300. The number of nitrogens with one attached hydrogen (secondary N) is 1. The van der Waals surface area contributed by atoms with Gasteiger partial charge in [0, 0.05) is 10.6 Å². The molecule has 0 saturated carbocycles. The molecule has 150 valence electrons. The highest BCUT2D eigenvalue weighted by atomic mass is 35.5. The fourth-order valence-electron chi connectivity index (χ4n) is 2.36. The molecule has 0 aromatic heterocycles. The van der Waals surface area contributed by atoms with Gasteiger partial charge in [-0.2, -0.15) is 0 Å². The second-order valence-corrected chi connectivity index (χ2v) is 7.50. The molecule has 0 aliphatic heterocycles. The van der Waals surface area contributed by atoms with Crippen LogP contribution >= 0.6 is 23.4 Å². The molecule has 1 N–H and O–H groups in total. The van der Waals surface area contributed by atoms with Crippen LogP contribution in [0.4, 0.5) is 5.69 Å². The van der Waals surface area contributed by atoms with Gasteiger partial charge in [0.25, 0.3) is 0 Å². The summed E-state index contributed by atoms with van der Waals surface area (Å²) in [7, 11) is 3.13. The normalized spacial score (nSPS) is 11.5. The summed E-state index contributed by atoms with van der Waals surface area (Å²) >= 11 is 7.42. The van der Waals surface area contributed by atoms with E-state index in [0.29, 0.717) is 17.2 Å². The van der Waals surface area contributed by atoms with E-state index in [-0.39, 0.29) is 28.4 Å². The van der Waals surface area contributed by atoms with Crippen molar-refractivity contribution in [2.75, 3.05) is 26.1 Å². The molecule has 0 aliphatic carbocycles. The number of hydrogen-bond acceptors (Lipinski definition) is 6. The average molecular weight is 424 g/mol. The minimum atomic E-state index is -0.531. The maximum Gasteiger partial charge on any atom is 0.339 e. The number of thioether (sulfide) groups is 1. The Bertz CT molecular complexity index is 858. The Balaban J connectivity index is 2.08. The third-order valence-corrected chi connectivity index (χ3v) is 5.19. The predicted molar refractivity (Wildman–Crippen MR) is 111 cm³/mol. The lowest BCUT2D eigenvalue weighted by Crippen LogP contribution is -2.22. The first-order valence-electron chi connectivity index (χ1n) is 8.55. The summed E-state index contributed by atoms with van der Waals surface area (Å²) in [4.78, 5) is 25.4. The van der Waals surface area contributed by atoms with E-state index in [2.05, 4.69) is 5.32 Å². The first-order chi connectivity index (χ1) is 13.4. The van der Waals surface area contributed by atoms with Gasteiger partial charge in [0.2, 0.25) is 5.91 Å². The van der Waals surface area contributed by atoms with Crippen molar-refractivity contribution in [3.05, 3.63) is 47.0 Å². The maximum absolute atomic E-state index is 12.5. The number of carbonyl (C=O) groups is 2. The molecular formula is C20H22ClNO5S. The molecule has 1 atom stereocenters. The van der Waals surface area contributed by atoms with Gasteiger partial charge in [0.05, 0.1) is 36.7 Å². The van der Waals surface area contributed by atoms with Crippen LogP contribution in [0.3, 0.4) is 0 Å². The van der Waals surface area contributed by atoms with Crippen LogP contribution in [-0.4, -0.2) is 38.0 Å². The maximum atomic E-state index is 12.5. The average Bonchev–Trinajstić information content (AvgIpc) is 2.69. The van der Waals surface area contributed by atoms with E-state index >= 15 is 0 Å². The summed E-state index contributed by atoms with van der Waals surface area (Å²) in [6.07, 6.45) is 0. The number of ether oxygens (including phenoxy) is 3. The van der Waals surface area contributed by atoms with Crippen molar-refractivity contribution in [2.24, 2.45) is 0 Å². The summed E-state index contributed by atoms with van der Waals surface area (Å²) in [5.41, 5.74) is 0.679. The standard InChI is InChI=1S/C20H22ClNO5S/c1-5-27-20(24)15-10-13(6-8-16(15)21)22-19(23)12(2)28-14-7-9-17(25-3)18(11-14)26-4/h6-12H,5H2,1-4H3,(H,22,23)/t12-/m0/s1. The second kappa shape index (κ2) is 10.2. The number of methoxy groups -OCH3 is 2. The Kier molecular flexibility index (Phi) is 8.02. The van der Waals surface area contributed by atoms with Crippen molar-refractivity contribution >= 4 is 40.9 Å². The van der Waals surface area contributed by atoms with Crippen LogP contribution in [0.5, 0.6) is 11.5 Å². The summed E-state index contributed by atoms with van der Waals surface area (Å²) in [6, 6.07) is 10.2. The first kappa shape index (κ1) is 21.9. The van der Waals surface area contributed by atoms with Gasteiger partial charge in [-0.1, -0.05) is 11.6 Å². The SMILES string of the molecule is CCOC(=O)c1cc(NC(=O)[C@H](C)Sc2ccc(OC)c(OC)c2)ccc1Cl. The number of esters is 1. The van der Waals surface area contributed by atoms with Crippen LogP contribution in [0, 0.1) is 0 Å². The lowest BCUT2D eigenvalue weighted by Gasteiger charge is -2.14. The van der Waals surface area contributed by atoms with E-state index in [1.165, 1.54) is 17.8 Å². The molecule has 8 heteroatoms. The highest BCUT2D eigenvalue weighted by Gasteiger charge is 2.18. The monoisotopic (exact) mass is 423 g/mol. The molecule has 1 amide bonds.